The highest BCUT2D eigenvalue weighted by molar-refractivity contribution is 6.32. The summed E-state index contributed by atoms with van der Waals surface area (Å²) in [6.45, 7) is 0. The Hall–Kier alpha value is -15.0. The minimum Gasteiger partial charge on any atom is -0.311 e. The molecule has 0 atom stereocenters. The van der Waals surface area contributed by atoms with Crippen molar-refractivity contribution in [3.8, 4) is 77.9 Å². The van der Waals surface area contributed by atoms with Crippen LogP contribution in [0.2, 0.25) is 20.1 Å². The number of anilines is 12. The molecule has 0 aliphatic carbocycles. The summed E-state index contributed by atoms with van der Waals surface area (Å²) in [7, 11) is 0. The summed E-state index contributed by atoms with van der Waals surface area (Å²) < 4.78 is 0. The van der Waals surface area contributed by atoms with E-state index >= 15 is 0 Å². The predicted octanol–water partition coefficient (Wildman–Crippen LogP) is 36.1. The van der Waals surface area contributed by atoms with Crippen molar-refractivity contribution in [1.29, 1.82) is 0 Å². The lowest BCUT2D eigenvalue weighted by Crippen LogP contribution is -2.11. The lowest BCUT2D eigenvalue weighted by Gasteiger charge is -2.28. The molecule has 0 unspecified atom stereocenters. The van der Waals surface area contributed by atoms with Gasteiger partial charge in [0.05, 0.1) is 11.4 Å². The molecule has 0 N–H and O–H groups in total. The van der Waals surface area contributed by atoms with Gasteiger partial charge < -0.3 is 19.6 Å². The highest BCUT2D eigenvalue weighted by atomic mass is 35.5. The maximum absolute atomic E-state index is 6.47. The second-order valence-electron chi connectivity index (χ2n) is 30.1. The highest BCUT2D eigenvalue weighted by Gasteiger charge is 2.22. The highest BCUT2D eigenvalue weighted by Crippen LogP contribution is 2.46. The molecule has 0 radical (unpaired) electrons. The van der Waals surface area contributed by atoms with Crippen molar-refractivity contribution in [2.45, 2.75) is 0 Å². The zero-order chi connectivity index (χ0) is 85.6. The average Bonchev–Trinajstić information content (AvgIpc) is 0.791. The van der Waals surface area contributed by atoms with Gasteiger partial charge in [-0.3, -0.25) is 0 Å². The second-order valence-corrected chi connectivity index (χ2v) is 31.8. The molecule has 0 saturated heterocycles. The summed E-state index contributed by atoms with van der Waals surface area (Å²) >= 11 is 24.8. The van der Waals surface area contributed by atoms with Crippen molar-refractivity contribution in [2.24, 2.45) is 0 Å². The van der Waals surface area contributed by atoms with Crippen LogP contribution in [0.3, 0.4) is 0 Å². The fourth-order valence-corrected chi connectivity index (χ4v) is 16.4. The van der Waals surface area contributed by atoms with Crippen LogP contribution in [0.1, 0.15) is 0 Å². The third kappa shape index (κ3) is 20.4. The van der Waals surface area contributed by atoms with Crippen LogP contribution in [0, 0.1) is 0 Å². The summed E-state index contributed by atoms with van der Waals surface area (Å²) in [5, 5.41) is 5.39. The van der Waals surface area contributed by atoms with Gasteiger partial charge >= 0.3 is 0 Å². The molecule has 0 fully saturated rings. The normalized spacial score (nSPS) is 10.7. The Labute approximate surface area is 758 Å². The fourth-order valence-electron chi connectivity index (χ4n) is 15.8. The largest absolute Gasteiger partial charge is 0.311 e. The van der Waals surface area contributed by atoms with Crippen molar-refractivity contribution in [2.75, 3.05) is 19.6 Å². The lowest BCUT2D eigenvalue weighted by atomic mass is 9.93. The number of rotatable bonds is 19. The van der Waals surface area contributed by atoms with Crippen molar-refractivity contribution >= 4 is 125 Å². The molecule has 0 aliphatic rings. The Morgan fingerprint density at radius 3 is 0.794 bits per heavy atom. The number of nitrogens with zero attached hydrogens (tertiary/aromatic N) is 4. The van der Waals surface area contributed by atoms with Crippen LogP contribution in [0.25, 0.3) is 88.7 Å². The number of benzene rings is 20. The minimum atomic E-state index is 0.706. The van der Waals surface area contributed by atoms with Gasteiger partial charge in [0.25, 0.3) is 0 Å². The van der Waals surface area contributed by atoms with Crippen LogP contribution in [-0.4, -0.2) is 0 Å². The summed E-state index contributed by atoms with van der Waals surface area (Å²) in [4.78, 5) is 9.09. The van der Waals surface area contributed by atoms with Gasteiger partial charge in [-0.1, -0.05) is 398 Å². The molecule has 4 nitrogen and oxygen atoms in total. The van der Waals surface area contributed by atoms with Gasteiger partial charge in [0.1, 0.15) is 0 Å². The first kappa shape index (κ1) is 83.3. The quantitative estimate of drug-likeness (QED) is 0.0800. The van der Waals surface area contributed by atoms with Crippen LogP contribution < -0.4 is 19.6 Å². The Morgan fingerprint density at radius 2 is 0.373 bits per heavy atom. The van der Waals surface area contributed by atoms with Gasteiger partial charge in [0.15, 0.2) is 0 Å². The van der Waals surface area contributed by atoms with Crippen LogP contribution in [0.5, 0.6) is 0 Å². The molecule has 0 spiro atoms. The van der Waals surface area contributed by atoms with E-state index in [9.17, 15) is 0 Å². The number of hydrogen-bond donors (Lipinski definition) is 0. The molecule has 0 amide bonds. The molecule has 20 aromatic rings. The molecule has 0 saturated carbocycles. The van der Waals surface area contributed by atoms with Gasteiger partial charge in [-0.2, -0.15) is 0 Å². The van der Waals surface area contributed by atoms with Gasteiger partial charge in [-0.25, -0.2) is 0 Å². The molecule has 20 aromatic carbocycles. The SMILES string of the molecule is Clc1ccc(-c2ccc(-c3ccc(N(c4ccccc4)c4ccccc4)cc3)cc2)cc1.Clc1ccc(-c2ccc(N(c3ccccc3)c3cccc4ccccc34)cc2)cc1.Clc1cccc(N(c2ccc(-c3ccccc3)cc2)c2ccc(-c3ccccc3)c(-c3ccccc3)c2)c1.Clc1cccc(N(c2ccccc2)c2ccccc2-c2ccccc2)c1. The topological polar surface area (TPSA) is 13.0 Å². The van der Waals surface area contributed by atoms with E-state index in [4.69, 9.17) is 46.4 Å². The van der Waals surface area contributed by atoms with Crippen molar-refractivity contribution < 1.29 is 0 Å². The molecule has 8 heteroatoms. The minimum absolute atomic E-state index is 0.706. The molecule has 0 aromatic heterocycles. The molecule has 20 rings (SSSR count). The summed E-state index contributed by atoms with van der Waals surface area (Å²) in [5.41, 5.74) is 29.8. The Morgan fingerprint density at radius 1 is 0.127 bits per heavy atom. The molecule has 606 valence electrons. The lowest BCUT2D eigenvalue weighted by molar-refractivity contribution is 1.28. The van der Waals surface area contributed by atoms with Crippen LogP contribution in [-0.2, 0) is 0 Å². The number of hydrogen-bond acceptors (Lipinski definition) is 4. The summed E-state index contributed by atoms with van der Waals surface area (Å²) in [5.74, 6) is 0. The van der Waals surface area contributed by atoms with E-state index in [-0.39, 0.29) is 0 Å². The zero-order valence-electron chi connectivity index (χ0n) is 69.0. The Kier molecular flexibility index (Phi) is 27.0. The number of para-hydroxylation sites is 5. The van der Waals surface area contributed by atoms with Crippen molar-refractivity contribution in [1.82, 2.24) is 0 Å². The van der Waals surface area contributed by atoms with Crippen LogP contribution >= 0.6 is 46.4 Å². The summed E-state index contributed by atoms with van der Waals surface area (Å²) in [6, 6.07) is 181. The first-order valence-electron chi connectivity index (χ1n) is 41.9. The Bertz CT molecular complexity index is 6820. The molecular weight excluding hydrogens is 1620 g/mol. The zero-order valence-corrected chi connectivity index (χ0v) is 72.0. The van der Waals surface area contributed by atoms with E-state index < -0.39 is 0 Å². The van der Waals surface area contributed by atoms with Crippen molar-refractivity contribution in [3.05, 3.63) is 542 Å². The Balaban J connectivity index is 0.000000120. The summed E-state index contributed by atoms with van der Waals surface area (Å²) in [6.07, 6.45) is 0. The van der Waals surface area contributed by atoms with Gasteiger partial charge in [0.2, 0.25) is 0 Å². The van der Waals surface area contributed by atoms with E-state index in [2.05, 4.69) is 438 Å². The first-order valence-corrected chi connectivity index (χ1v) is 43.4. The molecular formula is C118H86Cl4N4. The van der Waals surface area contributed by atoms with E-state index in [0.717, 1.165) is 88.8 Å². The van der Waals surface area contributed by atoms with Crippen LogP contribution in [0.15, 0.2) is 522 Å². The van der Waals surface area contributed by atoms with E-state index in [1.807, 2.05) is 103 Å². The van der Waals surface area contributed by atoms with Crippen LogP contribution in [0.4, 0.5) is 68.2 Å². The van der Waals surface area contributed by atoms with E-state index in [0.29, 0.717) is 5.02 Å². The van der Waals surface area contributed by atoms with Crippen molar-refractivity contribution in [3.63, 3.8) is 0 Å². The third-order valence-corrected chi connectivity index (χ3v) is 22.9. The molecule has 0 bridgehead atoms. The average molecular weight is 1700 g/mol. The van der Waals surface area contributed by atoms with Gasteiger partial charge in [-0.15, -0.1) is 0 Å². The molecule has 0 heterocycles. The predicted molar refractivity (Wildman–Crippen MR) is 540 cm³/mol. The maximum atomic E-state index is 6.47. The smallest absolute Gasteiger partial charge is 0.0540 e. The first-order chi connectivity index (χ1) is 62.2. The fraction of sp³-hybridized carbons (Fsp3) is 0. The number of fused-ring (bicyclic) bond motifs is 1. The third-order valence-electron chi connectivity index (χ3n) is 21.9. The standard InChI is InChI=1S/C36H26ClN.C30H22ClN.C28H20ClN.C24H18ClN/c37-31-17-10-18-33(25-31)38(32-21-19-28(20-22-32)27-11-4-1-5-12-27)34-23-24-35(29-13-6-2-7-14-29)36(26-34)30-15-8-3-9-16-30;31-27-19-15-25(16-20-27)23-11-13-24(14-12-23)26-17-21-30(22-18-26)32(28-7-3-1-4-8-28)29-9-5-2-6-10-29;29-24-17-13-21(14-18-24)22-15-19-26(20-16-22)30(25-9-2-1-3-10-25)28-12-6-8-23-7-4-5-11-27(23)28;25-20-12-9-15-22(18-20)26(21-13-5-2-6-14-21)24-17-8-7-16-23(24)19-10-3-1-4-11-19/h1-26H;1-22H;1-20H;1-18H. The van der Waals surface area contributed by atoms with E-state index in [1.165, 1.54) is 83.2 Å². The molecule has 126 heavy (non-hydrogen) atoms. The molecule has 0 aliphatic heterocycles. The monoisotopic (exact) mass is 1700 g/mol. The maximum Gasteiger partial charge on any atom is 0.0540 e. The van der Waals surface area contributed by atoms with E-state index in [1.54, 1.807) is 0 Å². The number of halogens is 4. The van der Waals surface area contributed by atoms with Gasteiger partial charge in [-0.05, 0) is 248 Å². The second kappa shape index (κ2) is 40.8. The van der Waals surface area contributed by atoms with Gasteiger partial charge in [0, 0.05) is 87.9 Å².